The van der Waals surface area contributed by atoms with E-state index in [9.17, 15) is 9.59 Å². The number of thioether (sulfide) groups is 1. The average molecular weight is 382 g/mol. The van der Waals surface area contributed by atoms with Gasteiger partial charge in [-0.2, -0.15) is 0 Å². The van der Waals surface area contributed by atoms with Crippen LogP contribution in [0.25, 0.3) is 0 Å². The molecule has 1 saturated heterocycles. The van der Waals surface area contributed by atoms with Crippen LogP contribution < -0.4 is 19.7 Å². The van der Waals surface area contributed by atoms with Crippen LogP contribution in [0.1, 0.15) is 23.8 Å². The Morgan fingerprint density at radius 1 is 1.11 bits per heavy atom. The van der Waals surface area contributed by atoms with E-state index >= 15 is 0 Å². The number of nitrogens with zero attached hydrogens (tertiary/aromatic N) is 1. The molecule has 2 amide bonds. The number of hydrogen-bond donors (Lipinski definition) is 1. The van der Waals surface area contributed by atoms with Crippen molar-refractivity contribution in [3.63, 3.8) is 0 Å². The zero-order valence-corrected chi connectivity index (χ0v) is 15.3. The lowest BCUT2D eigenvalue weighted by atomic mass is 10.1. The van der Waals surface area contributed by atoms with E-state index in [1.165, 1.54) is 0 Å². The Morgan fingerprint density at radius 3 is 2.81 bits per heavy atom. The molecule has 1 N–H and O–H groups in total. The highest BCUT2D eigenvalue weighted by atomic mass is 32.2. The van der Waals surface area contributed by atoms with Crippen molar-refractivity contribution in [3.05, 3.63) is 48.0 Å². The summed E-state index contributed by atoms with van der Waals surface area (Å²) in [5, 5.41) is 2.84. The molecule has 2 heterocycles. The maximum Gasteiger partial charge on any atom is 0.238 e. The van der Waals surface area contributed by atoms with Crippen molar-refractivity contribution < 1.29 is 19.1 Å². The van der Waals surface area contributed by atoms with Crippen LogP contribution in [0.2, 0.25) is 0 Å². The lowest BCUT2D eigenvalue weighted by molar-refractivity contribution is -0.117. The second-order valence-corrected chi connectivity index (χ2v) is 7.92. The first-order chi connectivity index (χ1) is 13.2. The molecule has 2 aliphatic heterocycles. The predicted octanol–water partition coefficient (Wildman–Crippen LogP) is 3.54. The molecule has 0 aromatic heterocycles. The average Bonchev–Trinajstić information content (AvgIpc) is 3.31. The van der Waals surface area contributed by atoms with Crippen molar-refractivity contribution >= 4 is 35.0 Å². The Bertz CT molecular complexity index is 928. The summed E-state index contributed by atoms with van der Waals surface area (Å²) < 4.78 is 10.8. The number of fused-ring (bicyclic) bond motifs is 1. The van der Waals surface area contributed by atoms with Gasteiger partial charge in [-0.1, -0.05) is 12.1 Å². The van der Waals surface area contributed by atoms with Gasteiger partial charge in [-0.05, 0) is 42.7 Å². The van der Waals surface area contributed by atoms with Gasteiger partial charge in [0.15, 0.2) is 11.5 Å². The van der Waals surface area contributed by atoms with Crippen molar-refractivity contribution in [1.29, 1.82) is 0 Å². The molecule has 1 saturated carbocycles. The molecule has 2 aromatic rings. The first-order valence-electron chi connectivity index (χ1n) is 8.93. The minimum absolute atomic E-state index is 0.0521. The van der Waals surface area contributed by atoms with E-state index in [4.69, 9.17) is 9.47 Å². The lowest BCUT2D eigenvalue weighted by Crippen LogP contribution is -2.27. The highest BCUT2D eigenvalue weighted by Gasteiger charge is 2.35. The van der Waals surface area contributed by atoms with Gasteiger partial charge >= 0.3 is 0 Å². The van der Waals surface area contributed by atoms with Crippen molar-refractivity contribution in [1.82, 2.24) is 0 Å². The lowest BCUT2D eigenvalue weighted by Gasteiger charge is -2.25. The Hall–Kier alpha value is -2.67. The first kappa shape index (κ1) is 16.5. The summed E-state index contributed by atoms with van der Waals surface area (Å²) in [5.74, 6) is 2.05. The number of carbonyl (C=O) groups is 2. The van der Waals surface area contributed by atoms with Crippen LogP contribution in [-0.4, -0.2) is 24.4 Å². The first-order valence-corrected chi connectivity index (χ1v) is 9.98. The van der Waals surface area contributed by atoms with E-state index in [0.29, 0.717) is 17.3 Å². The quantitative estimate of drug-likeness (QED) is 0.876. The van der Waals surface area contributed by atoms with Gasteiger partial charge < -0.3 is 14.8 Å². The summed E-state index contributed by atoms with van der Waals surface area (Å²) >= 11 is 1.58. The Balaban J connectivity index is 1.43. The van der Waals surface area contributed by atoms with E-state index in [0.717, 1.165) is 29.8 Å². The molecule has 3 aliphatic rings. The van der Waals surface area contributed by atoms with Gasteiger partial charge in [0.25, 0.3) is 0 Å². The molecule has 7 heteroatoms. The number of hydrogen-bond acceptors (Lipinski definition) is 5. The Kier molecular flexibility index (Phi) is 3.97. The molecule has 1 atom stereocenters. The van der Waals surface area contributed by atoms with Crippen molar-refractivity contribution in [3.8, 4) is 11.5 Å². The normalized spacial score (nSPS) is 20.8. The number of anilines is 2. The zero-order chi connectivity index (χ0) is 18.4. The molecule has 0 bridgehead atoms. The molecule has 6 nitrogen and oxygen atoms in total. The molecule has 27 heavy (non-hydrogen) atoms. The van der Waals surface area contributed by atoms with Crippen molar-refractivity contribution in [2.24, 2.45) is 5.92 Å². The summed E-state index contributed by atoms with van der Waals surface area (Å²) in [6, 6.07) is 13.3. The van der Waals surface area contributed by atoms with Crippen LogP contribution in [0.4, 0.5) is 11.4 Å². The van der Waals surface area contributed by atoms with E-state index in [2.05, 4.69) is 5.32 Å². The molecular weight excluding hydrogens is 364 g/mol. The largest absolute Gasteiger partial charge is 0.454 e. The van der Waals surface area contributed by atoms with Gasteiger partial charge in [0.05, 0.1) is 5.75 Å². The van der Waals surface area contributed by atoms with Gasteiger partial charge in [0.1, 0.15) is 5.37 Å². The van der Waals surface area contributed by atoms with Gasteiger partial charge in [0, 0.05) is 23.4 Å². The van der Waals surface area contributed by atoms with Crippen LogP contribution >= 0.6 is 11.8 Å². The van der Waals surface area contributed by atoms with Gasteiger partial charge in [-0.3, -0.25) is 14.5 Å². The monoisotopic (exact) mass is 382 g/mol. The molecule has 0 unspecified atom stereocenters. The van der Waals surface area contributed by atoms with Gasteiger partial charge in [0.2, 0.25) is 18.6 Å². The molecule has 2 aromatic carbocycles. The minimum Gasteiger partial charge on any atom is -0.454 e. The summed E-state index contributed by atoms with van der Waals surface area (Å²) in [5.41, 5.74) is 2.54. The van der Waals surface area contributed by atoms with Crippen molar-refractivity contribution in [2.75, 3.05) is 22.8 Å². The second-order valence-electron chi connectivity index (χ2n) is 6.85. The van der Waals surface area contributed by atoms with Gasteiger partial charge in [-0.25, -0.2) is 0 Å². The standard InChI is InChI=1S/C20H18N2O4S/c23-18-10-27-20(22(18)15-6-7-16-17(9-15)26-11-25-16)13-2-1-3-14(8-13)21-19(24)12-4-5-12/h1-3,6-9,12,20H,4-5,10-11H2,(H,21,24)/t20-/m1/s1. The topological polar surface area (TPSA) is 67.9 Å². The number of benzene rings is 2. The fourth-order valence-electron chi connectivity index (χ4n) is 3.34. The van der Waals surface area contributed by atoms with Crippen LogP contribution in [0.3, 0.4) is 0 Å². The molecule has 0 spiro atoms. The molecule has 5 rings (SSSR count). The van der Waals surface area contributed by atoms with Crippen LogP contribution in [0, 0.1) is 5.92 Å². The fourth-order valence-corrected chi connectivity index (χ4v) is 4.51. The highest BCUT2D eigenvalue weighted by molar-refractivity contribution is 8.00. The molecule has 138 valence electrons. The number of rotatable bonds is 4. The van der Waals surface area contributed by atoms with Crippen LogP contribution in [-0.2, 0) is 9.59 Å². The molecule has 0 radical (unpaired) electrons. The number of nitrogens with one attached hydrogen (secondary N) is 1. The number of ether oxygens (including phenoxy) is 2. The maximum atomic E-state index is 12.6. The third-order valence-corrected chi connectivity index (χ3v) is 6.10. The van der Waals surface area contributed by atoms with Crippen molar-refractivity contribution in [2.45, 2.75) is 18.2 Å². The highest BCUT2D eigenvalue weighted by Crippen LogP contribution is 2.45. The Labute approximate surface area is 160 Å². The summed E-state index contributed by atoms with van der Waals surface area (Å²) in [7, 11) is 0. The van der Waals surface area contributed by atoms with E-state index < -0.39 is 0 Å². The summed E-state index contributed by atoms with van der Waals surface area (Å²) in [6.45, 7) is 0.202. The predicted molar refractivity (Wildman–Crippen MR) is 103 cm³/mol. The van der Waals surface area contributed by atoms with Gasteiger partial charge in [-0.15, -0.1) is 11.8 Å². The number of amides is 2. The third-order valence-electron chi connectivity index (χ3n) is 4.89. The molecular formula is C20H18N2O4S. The van der Waals surface area contributed by atoms with Crippen LogP contribution in [0.5, 0.6) is 11.5 Å². The molecule has 2 fully saturated rings. The summed E-state index contributed by atoms with van der Waals surface area (Å²) in [4.78, 5) is 26.4. The van der Waals surface area contributed by atoms with E-state index in [1.54, 1.807) is 16.7 Å². The fraction of sp³-hybridized carbons (Fsp3) is 0.300. The second kappa shape index (κ2) is 6.49. The van der Waals surface area contributed by atoms with E-state index in [-0.39, 0.29) is 29.9 Å². The van der Waals surface area contributed by atoms with Crippen LogP contribution in [0.15, 0.2) is 42.5 Å². The minimum atomic E-state index is -0.143. The molecule has 1 aliphatic carbocycles. The van der Waals surface area contributed by atoms with E-state index in [1.807, 2.05) is 42.5 Å². The summed E-state index contributed by atoms with van der Waals surface area (Å²) in [6.07, 6.45) is 1.94. The Morgan fingerprint density at radius 2 is 1.96 bits per heavy atom. The third kappa shape index (κ3) is 3.12. The SMILES string of the molecule is O=C(Nc1cccc([C@H]2SCC(=O)N2c2ccc3c(c2)OCO3)c1)C1CC1. The number of carbonyl (C=O) groups excluding carboxylic acids is 2. The maximum absolute atomic E-state index is 12.6. The smallest absolute Gasteiger partial charge is 0.238 e. The zero-order valence-electron chi connectivity index (χ0n) is 14.5.